The van der Waals surface area contributed by atoms with Crippen LogP contribution in [-0.4, -0.2) is 36.5 Å². The van der Waals surface area contributed by atoms with E-state index in [9.17, 15) is 0 Å². The maximum absolute atomic E-state index is 3.57. The molecule has 1 fully saturated rings. The van der Waals surface area contributed by atoms with Gasteiger partial charge < -0.3 is 4.48 Å². The second-order valence-electron chi connectivity index (χ2n) is 3.81. The van der Waals surface area contributed by atoms with Gasteiger partial charge in [-0.15, -0.1) is 0 Å². The molecule has 1 rings (SSSR count). The molecule has 0 aromatic carbocycles. The molecule has 0 radical (unpaired) electrons. The molecule has 0 unspecified atom stereocenters. The summed E-state index contributed by atoms with van der Waals surface area (Å²) in [6.07, 6.45) is 4.24. The van der Waals surface area contributed by atoms with Gasteiger partial charge in [-0.05, 0) is 12.8 Å². The average molecular weight is 207 g/mol. The van der Waals surface area contributed by atoms with Crippen molar-refractivity contribution in [2.24, 2.45) is 0 Å². The van der Waals surface area contributed by atoms with Gasteiger partial charge in [-0.25, -0.2) is 0 Å². The number of nitrogens with zero attached hydrogens (tertiary/aromatic N) is 1. The molecule has 1 aliphatic heterocycles. The Kier molecular flexibility index (Phi) is 2.75. The lowest BCUT2D eigenvalue weighted by molar-refractivity contribution is -0.917. The van der Waals surface area contributed by atoms with Gasteiger partial charge in [0.05, 0.1) is 32.0 Å². The smallest absolute Gasteiger partial charge is 0.0984 e. The second kappa shape index (κ2) is 3.22. The quantitative estimate of drug-likeness (QED) is 0.455. The Morgan fingerprint density at radius 1 is 1.40 bits per heavy atom. The number of rotatable bonds is 1. The van der Waals surface area contributed by atoms with Gasteiger partial charge in [0.15, 0.2) is 0 Å². The van der Waals surface area contributed by atoms with Crippen LogP contribution in [0, 0.1) is 0 Å². The molecule has 1 saturated heterocycles. The van der Waals surface area contributed by atoms with Gasteiger partial charge in [-0.2, -0.15) is 0 Å². The standard InChI is InChI=1S/C8H17BrN/c1-10(2)6-4-3-5-8(10)7-9/h8H,3-7H2,1-2H3/q+1/t8-/m0/s1. The van der Waals surface area contributed by atoms with Crippen molar-refractivity contribution in [3.8, 4) is 0 Å². The number of alkyl halides is 1. The van der Waals surface area contributed by atoms with E-state index >= 15 is 0 Å². The Morgan fingerprint density at radius 3 is 2.50 bits per heavy atom. The van der Waals surface area contributed by atoms with Crippen molar-refractivity contribution in [3.05, 3.63) is 0 Å². The van der Waals surface area contributed by atoms with Crippen molar-refractivity contribution in [1.29, 1.82) is 0 Å². The molecule has 0 saturated carbocycles. The van der Waals surface area contributed by atoms with E-state index in [0.717, 1.165) is 6.04 Å². The van der Waals surface area contributed by atoms with Gasteiger partial charge in [0, 0.05) is 6.42 Å². The van der Waals surface area contributed by atoms with E-state index in [1.807, 2.05) is 0 Å². The van der Waals surface area contributed by atoms with E-state index in [1.165, 1.54) is 35.6 Å². The molecule has 0 amide bonds. The van der Waals surface area contributed by atoms with E-state index < -0.39 is 0 Å². The van der Waals surface area contributed by atoms with Crippen LogP contribution < -0.4 is 0 Å². The first-order valence-corrected chi connectivity index (χ1v) is 5.17. The molecule has 0 spiro atoms. The lowest BCUT2D eigenvalue weighted by Crippen LogP contribution is -2.52. The number of hydrogen-bond acceptors (Lipinski definition) is 0. The molecule has 10 heavy (non-hydrogen) atoms. The Morgan fingerprint density at radius 2 is 2.10 bits per heavy atom. The van der Waals surface area contributed by atoms with Gasteiger partial charge in [0.2, 0.25) is 0 Å². The summed E-state index contributed by atoms with van der Waals surface area (Å²) in [6.45, 7) is 1.36. The summed E-state index contributed by atoms with van der Waals surface area (Å²) in [5.74, 6) is 0. The fourth-order valence-corrected chi connectivity index (χ4v) is 2.80. The number of hydrogen-bond donors (Lipinski definition) is 0. The lowest BCUT2D eigenvalue weighted by Gasteiger charge is -2.40. The minimum atomic E-state index is 0.855. The van der Waals surface area contributed by atoms with Crippen LogP contribution in [-0.2, 0) is 0 Å². The van der Waals surface area contributed by atoms with Crippen molar-refractivity contribution in [3.63, 3.8) is 0 Å². The molecular formula is C8H17BrN+. The lowest BCUT2D eigenvalue weighted by atomic mass is 10.0. The van der Waals surface area contributed by atoms with Crippen LogP contribution >= 0.6 is 15.9 Å². The molecule has 1 aliphatic rings. The number of quaternary nitrogens is 1. The predicted octanol–water partition coefficient (Wildman–Crippen LogP) is 2.01. The topological polar surface area (TPSA) is 0 Å². The highest BCUT2D eigenvalue weighted by atomic mass is 79.9. The molecule has 60 valence electrons. The van der Waals surface area contributed by atoms with E-state index in [-0.39, 0.29) is 0 Å². The van der Waals surface area contributed by atoms with Crippen molar-refractivity contribution < 1.29 is 4.48 Å². The van der Waals surface area contributed by atoms with Crippen molar-refractivity contribution in [2.45, 2.75) is 25.3 Å². The summed E-state index contributed by atoms with van der Waals surface area (Å²) >= 11 is 3.57. The number of piperidine rings is 1. The largest absolute Gasteiger partial charge is 0.325 e. The van der Waals surface area contributed by atoms with Gasteiger partial charge in [0.1, 0.15) is 0 Å². The molecule has 0 N–H and O–H groups in total. The van der Waals surface area contributed by atoms with Crippen LogP contribution in [0.1, 0.15) is 19.3 Å². The summed E-state index contributed by atoms with van der Waals surface area (Å²) in [4.78, 5) is 0. The molecule has 0 aromatic heterocycles. The highest BCUT2D eigenvalue weighted by Crippen LogP contribution is 2.22. The Bertz CT molecular complexity index is 112. The van der Waals surface area contributed by atoms with E-state index in [4.69, 9.17) is 0 Å². The van der Waals surface area contributed by atoms with Crippen LogP contribution in [0.5, 0.6) is 0 Å². The second-order valence-corrected chi connectivity index (χ2v) is 4.45. The maximum atomic E-state index is 3.57. The normalized spacial score (nSPS) is 32.1. The maximum Gasteiger partial charge on any atom is 0.0984 e. The van der Waals surface area contributed by atoms with Crippen LogP contribution in [0.2, 0.25) is 0 Å². The predicted molar refractivity (Wildman–Crippen MR) is 48.4 cm³/mol. The molecule has 1 heterocycles. The fourth-order valence-electron chi connectivity index (χ4n) is 1.70. The first-order chi connectivity index (χ1) is 4.67. The first kappa shape index (κ1) is 8.54. The molecule has 1 nitrogen and oxygen atoms in total. The van der Waals surface area contributed by atoms with E-state index in [0.29, 0.717) is 0 Å². The van der Waals surface area contributed by atoms with Crippen molar-refractivity contribution in [1.82, 2.24) is 0 Å². The molecule has 1 atom stereocenters. The monoisotopic (exact) mass is 206 g/mol. The van der Waals surface area contributed by atoms with Crippen LogP contribution in [0.25, 0.3) is 0 Å². The van der Waals surface area contributed by atoms with Gasteiger partial charge in [-0.1, -0.05) is 15.9 Å². The zero-order chi connectivity index (χ0) is 7.61. The zero-order valence-electron chi connectivity index (χ0n) is 6.94. The summed E-state index contributed by atoms with van der Waals surface area (Å²) in [7, 11) is 4.68. The Labute approximate surface area is 72.1 Å². The van der Waals surface area contributed by atoms with Crippen LogP contribution in [0.15, 0.2) is 0 Å². The third-order valence-corrected chi connectivity index (χ3v) is 3.44. The molecular weight excluding hydrogens is 190 g/mol. The molecule has 0 aliphatic carbocycles. The third kappa shape index (κ3) is 1.73. The molecule has 2 heteroatoms. The summed E-state index contributed by atoms with van der Waals surface area (Å²) in [6, 6.07) is 0.855. The highest BCUT2D eigenvalue weighted by molar-refractivity contribution is 9.09. The molecule has 0 bridgehead atoms. The third-order valence-electron chi connectivity index (χ3n) is 2.69. The summed E-state index contributed by atoms with van der Waals surface area (Å²) < 4.78 is 1.21. The minimum Gasteiger partial charge on any atom is -0.325 e. The Hall–Kier alpha value is 0.440. The first-order valence-electron chi connectivity index (χ1n) is 4.05. The molecule has 0 aromatic rings. The van der Waals surface area contributed by atoms with Gasteiger partial charge >= 0.3 is 0 Å². The highest BCUT2D eigenvalue weighted by Gasteiger charge is 2.29. The van der Waals surface area contributed by atoms with Gasteiger partial charge in [-0.3, -0.25) is 0 Å². The van der Waals surface area contributed by atoms with Crippen molar-refractivity contribution >= 4 is 15.9 Å². The fraction of sp³-hybridized carbons (Fsp3) is 1.00. The summed E-state index contributed by atoms with van der Waals surface area (Å²) in [5, 5.41) is 1.17. The average Bonchev–Trinajstić information content (AvgIpc) is 1.87. The summed E-state index contributed by atoms with van der Waals surface area (Å²) in [5.41, 5.74) is 0. The van der Waals surface area contributed by atoms with E-state index in [1.54, 1.807) is 0 Å². The zero-order valence-corrected chi connectivity index (χ0v) is 8.52. The van der Waals surface area contributed by atoms with Crippen molar-refractivity contribution in [2.75, 3.05) is 26.0 Å². The van der Waals surface area contributed by atoms with E-state index in [2.05, 4.69) is 30.0 Å². The van der Waals surface area contributed by atoms with Crippen LogP contribution in [0.3, 0.4) is 0 Å². The SMILES string of the molecule is C[N+]1(C)CCCC[C@H]1CBr. The van der Waals surface area contributed by atoms with Gasteiger partial charge in [0.25, 0.3) is 0 Å². The van der Waals surface area contributed by atoms with Crippen LogP contribution in [0.4, 0.5) is 0 Å². The Balaban J connectivity index is 2.51. The minimum absolute atomic E-state index is 0.855. The number of halogens is 1. The number of likely N-dealkylation sites (tertiary alicyclic amines) is 1.